The second-order valence-corrected chi connectivity index (χ2v) is 14.4. The Balaban J connectivity index is 0.000000691. The van der Waals surface area contributed by atoms with Gasteiger partial charge in [0.25, 0.3) is 0 Å². The van der Waals surface area contributed by atoms with Crippen molar-refractivity contribution >= 4 is 0 Å². The van der Waals surface area contributed by atoms with Gasteiger partial charge in [0.2, 0.25) is 0 Å². The van der Waals surface area contributed by atoms with E-state index < -0.39 is 11.7 Å². The Bertz CT molecular complexity index is 1450. The van der Waals surface area contributed by atoms with Crippen LogP contribution in [0.1, 0.15) is 61.6 Å². The molecule has 4 rings (SSSR count). The van der Waals surface area contributed by atoms with Gasteiger partial charge in [-0.2, -0.15) is 48.4 Å². The molecule has 3 aromatic carbocycles. The topological polar surface area (TPSA) is 38.3 Å². The van der Waals surface area contributed by atoms with Gasteiger partial charge in [0.1, 0.15) is 0 Å². The number of nitrogens with zero attached hydrogens (tertiary/aromatic N) is 2. The number of hydrogen-bond acceptors (Lipinski definition) is 2. The molecule has 0 radical (unpaired) electrons. The molecule has 1 heterocycles. The molecule has 0 aliphatic carbocycles. The molecule has 7 nitrogen and oxygen atoms in total. The highest BCUT2D eigenvalue weighted by Gasteiger charge is 2.29. The normalized spacial score (nSPS) is 13.5. The molecule has 4 unspecified atom stereocenters. The number of pyridine rings is 1. The first-order valence-electron chi connectivity index (χ1n) is 19.5. The van der Waals surface area contributed by atoms with E-state index in [0.717, 1.165) is 68.4 Å². The van der Waals surface area contributed by atoms with Crippen molar-refractivity contribution in [2.24, 2.45) is 0 Å². The Morgan fingerprint density at radius 2 is 1.05 bits per heavy atom. The van der Waals surface area contributed by atoms with Gasteiger partial charge in [0.05, 0.1) is 57.4 Å². The van der Waals surface area contributed by atoms with Gasteiger partial charge in [-0.25, -0.2) is 0 Å². The molecule has 0 aliphatic rings. The average molecular weight is 782 g/mol. The number of benzene rings is 3. The van der Waals surface area contributed by atoms with E-state index in [4.69, 9.17) is 0 Å². The quantitative estimate of drug-likeness (QED) is 0.128. The van der Waals surface area contributed by atoms with Crippen LogP contribution in [0.2, 0.25) is 0 Å². The molecule has 0 saturated heterocycles. The fourth-order valence-corrected chi connectivity index (χ4v) is 4.71. The second-order valence-electron chi connectivity index (χ2n) is 14.4. The lowest BCUT2D eigenvalue weighted by molar-refractivity contribution is -0.867. The summed E-state index contributed by atoms with van der Waals surface area (Å²) < 4.78 is 36.5. The van der Waals surface area contributed by atoms with Crippen molar-refractivity contribution in [3.63, 3.8) is 0 Å². The zero-order chi connectivity index (χ0) is 42.5. The Morgan fingerprint density at radius 3 is 1.46 bits per heavy atom. The Hall–Kier alpha value is -3.64. The molecule has 4 aromatic rings. The molecular weight excluding hydrogens is 708 g/mol. The molecule has 0 aliphatic heterocycles. The van der Waals surface area contributed by atoms with Crippen LogP contribution in [0, 0.1) is 35.2 Å². The van der Waals surface area contributed by atoms with Crippen LogP contribution in [-0.4, -0.2) is 70.8 Å². The van der Waals surface area contributed by atoms with E-state index in [2.05, 4.69) is 142 Å². The average Bonchev–Trinajstić information content (AvgIpc) is 3.18. The van der Waals surface area contributed by atoms with Crippen LogP contribution in [0.4, 0.5) is 13.2 Å². The number of hydrogen-bond donors (Lipinski definition) is 5. The van der Waals surface area contributed by atoms with Crippen LogP contribution in [0.15, 0.2) is 109 Å². The highest BCUT2D eigenvalue weighted by atomic mass is 19.4. The molecule has 5 N–H and O–H groups in total. The number of nitrogens with one attached hydrogen (secondary N) is 5. The molecule has 5 atom stereocenters. The predicted molar refractivity (Wildman–Crippen MR) is 227 cm³/mol. The van der Waals surface area contributed by atoms with Gasteiger partial charge in [0.15, 0.2) is 0 Å². The molecule has 0 fully saturated rings. The Labute approximate surface area is 339 Å². The molecule has 0 spiro atoms. The van der Waals surface area contributed by atoms with Crippen LogP contribution in [0.3, 0.4) is 0 Å². The number of halogens is 3. The summed E-state index contributed by atoms with van der Waals surface area (Å²) in [5.41, 5.74) is 4.25. The smallest absolute Gasteiger partial charge is 0.416 e. The number of quaternary nitrogens is 5. The van der Waals surface area contributed by atoms with Gasteiger partial charge in [0, 0.05) is 55.3 Å². The highest BCUT2D eigenvalue weighted by Crippen LogP contribution is 2.28. The van der Waals surface area contributed by atoms with Gasteiger partial charge in [-0.3, -0.25) is 4.98 Å². The summed E-state index contributed by atoms with van der Waals surface area (Å²) in [6.45, 7) is 16.7. The summed E-state index contributed by atoms with van der Waals surface area (Å²) in [6.07, 6.45) is -0.613. The van der Waals surface area contributed by atoms with E-state index in [0.29, 0.717) is 12.6 Å². The predicted octanol–water partition coefficient (Wildman–Crippen LogP) is 2.97. The van der Waals surface area contributed by atoms with Crippen molar-refractivity contribution in [2.45, 2.75) is 59.5 Å². The number of rotatable bonds is 14. The zero-order valence-electron chi connectivity index (χ0n) is 35.7. The lowest BCUT2D eigenvalue weighted by Crippen LogP contribution is -3.06. The van der Waals surface area contributed by atoms with Gasteiger partial charge < -0.3 is 29.4 Å². The summed E-state index contributed by atoms with van der Waals surface area (Å²) in [5, 5.41) is 0. The van der Waals surface area contributed by atoms with Crippen molar-refractivity contribution in [3.05, 3.63) is 173 Å². The molecule has 314 valence electrons. The minimum Gasteiger partial charge on any atom is -0.468 e. The summed E-state index contributed by atoms with van der Waals surface area (Å²) in [7, 11) is 27.6. The maximum Gasteiger partial charge on any atom is 0.416 e. The van der Waals surface area contributed by atoms with Crippen LogP contribution in [-0.2, 0) is 25.8 Å². The van der Waals surface area contributed by atoms with E-state index in [9.17, 15) is 13.2 Å². The highest BCUT2D eigenvalue weighted by molar-refractivity contribution is 5.24. The zero-order valence-corrected chi connectivity index (χ0v) is 35.7. The number of aromatic nitrogens is 1. The van der Waals surface area contributed by atoms with Gasteiger partial charge in [-0.1, -0.05) is 72.8 Å². The first-order valence-corrected chi connectivity index (χ1v) is 19.5. The molecule has 0 amide bonds. The van der Waals surface area contributed by atoms with Gasteiger partial charge >= 0.3 is 6.18 Å². The lowest BCUT2D eigenvalue weighted by Gasteiger charge is -2.23. The van der Waals surface area contributed by atoms with E-state index in [1.807, 2.05) is 43.7 Å². The minimum atomic E-state index is -4.25. The number of likely N-dealkylation sites (N-methyl/N-ethyl adjacent to an activating group) is 1. The summed E-state index contributed by atoms with van der Waals surface area (Å²) in [6, 6.07) is 30.7. The standard InChI is InChI=1S/C12H20N2.C10H12F3N.C10H15N.C9H14N2.C5H13N/c1-13(2)9-10-14(3)11-12-7-5-4-6-8-12;1-14(2)7-8-3-5-9(6-4-8)10(11,12)13;1-9(11(2)3)10-7-5-4-6-8-10;1-3-11(2)8-9-4-6-10-7-5-9;1-4-6(3)5-2/h4-8,14H,3,9-11H2,1-2H3;3-6,14H,1,7H2,2H3;4-9,11H,2H2,1,3H3;4-7,11H,2-3,8H2,1H3;6H,3-5H2,1-2H3/t;;9-;;/m..1../s1. The largest absolute Gasteiger partial charge is 0.468 e. The van der Waals surface area contributed by atoms with E-state index >= 15 is 0 Å². The van der Waals surface area contributed by atoms with E-state index in [-0.39, 0.29) is 0 Å². The first-order chi connectivity index (χ1) is 26.4. The van der Waals surface area contributed by atoms with E-state index in [1.165, 1.54) is 48.4 Å². The molecular formula is C46H74F3N7. The van der Waals surface area contributed by atoms with Crippen LogP contribution in [0.5, 0.6) is 0 Å². The molecule has 1 aromatic heterocycles. The van der Waals surface area contributed by atoms with E-state index in [1.54, 1.807) is 0 Å². The first kappa shape index (κ1) is 52.4. The third-order valence-corrected chi connectivity index (χ3v) is 8.74. The molecule has 0 saturated carbocycles. The fraction of sp³-hybridized carbons (Fsp3) is 0.391. The summed E-state index contributed by atoms with van der Waals surface area (Å²) in [5.74, 6) is 0. The Morgan fingerprint density at radius 1 is 0.607 bits per heavy atom. The third kappa shape index (κ3) is 27.0. The van der Waals surface area contributed by atoms with Crippen LogP contribution < -0.4 is 24.5 Å². The molecule has 10 heteroatoms. The van der Waals surface area contributed by atoms with Crippen molar-refractivity contribution in [3.8, 4) is 0 Å². The lowest BCUT2D eigenvalue weighted by atomic mass is 10.1. The van der Waals surface area contributed by atoms with Crippen LogP contribution >= 0.6 is 0 Å². The SMILES string of the molecule is [CH2-][NH+](C)Cc1ccc(C(F)(F)F)cc1.[CH2-][NH+](C)[C@H](C)c1ccccc1.[CH2-][NH+](CC)CC.[CH2-][NH+](CC)Cc1ccncc1.[CH2-][NH+](CCN(C)C)Cc1ccccc1. The van der Waals surface area contributed by atoms with Gasteiger partial charge in [-0.15, -0.1) is 0 Å². The second kappa shape index (κ2) is 30.5. The maximum absolute atomic E-state index is 12.2. The summed E-state index contributed by atoms with van der Waals surface area (Å²) >= 11 is 0. The third-order valence-electron chi connectivity index (χ3n) is 8.74. The Kier molecular flexibility index (Phi) is 28.5. The molecule has 0 bridgehead atoms. The van der Waals surface area contributed by atoms with Crippen molar-refractivity contribution in [1.29, 1.82) is 0 Å². The molecule has 56 heavy (non-hydrogen) atoms. The van der Waals surface area contributed by atoms with Gasteiger partial charge in [-0.05, 0) is 66.1 Å². The number of alkyl halides is 3. The van der Waals surface area contributed by atoms with Crippen molar-refractivity contribution in [2.75, 3.05) is 60.9 Å². The summed E-state index contributed by atoms with van der Waals surface area (Å²) in [4.78, 5) is 12.2. The minimum absolute atomic E-state index is 0.483. The van der Waals surface area contributed by atoms with Crippen molar-refractivity contribution < 1.29 is 37.7 Å². The fourth-order valence-electron chi connectivity index (χ4n) is 4.71. The van der Waals surface area contributed by atoms with Crippen LogP contribution in [0.25, 0.3) is 0 Å². The maximum atomic E-state index is 12.2. The van der Waals surface area contributed by atoms with Crippen molar-refractivity contribution in [1.82, 2.24) is 9.88 Å². The monoisotopic (exact) mass is 782 g/mol.